The van der Waals surface area contributed by atoms with E-state index in [1.54, 1.807) is 25.6 Å². The van der Waals surface area contributed by atoms with Crippen molar-refractivity contribution in [3.63, 3.8) is 0 Å². The molecule has 0 spiro atoms. The van der Waals surface area contributed by atoms with E-state index in [0.29, 0.717) is 27.9 Å². The molecule has 1 atom stereocenters. The molecule has 23 heavy (non-hydrogen) atoms. The van der Waals surface area contributed by atoms with Gasteiger partial charge < -0.3 is 10.0 Å². The molecule has 0 aliphatic heterocycles. The molecule has 2 heterocycles. The van der Waals surface area contributed by atoms with Gasteiger partial charge in [-0.2, -0.15) is 0 Å². The second kappa shape index (κ2) is 5.86. The maximum Gasteiger partial charge on any atom is 0.326 e. The summed E-state index contributed by atoms with van der Waals surface area (Å²) in [5.74, 6) is -1.40. The lowest BCUT2D eigenvalue weighted by Gasteiger charge is -2.22. The van der Waals surface area contributed by atoms with Crippen LogP contribution in [0.4, 0.5) is 0 Å². The SMILES string of the molecule is Cc1nc2c(c(C)c1CC(=O)N(C)C(C)C(=O)O)c(=O)[nH]n2C. The first-order valence-corrected chi connectivity index (χ1v) is 7.18. The number of rotatable bonds is 4. The second-order valence-corrected chi connectivity index (χ2v) is 5.69. The van der Waals surface area contributed by atoms with Crippen LogP contribution in [0.2, 0.25) is 0 Å². The average Bonchev–Trinajstić information content (AvgIpc) is 2.75. The van der Waals surface area contributed by atoms with Crippen LogP contribution in [0.15, 0.2) is 4.79 Å². The van der Waals surface area contributed by atoms with E-state index in [-0.39, 0.29) is 17.9 Å². The number of nitrogens with zero attached hydrogens (tertiary/aromatic N) is 3. The summed E-state index contributed by atoms with van der Waals surface area (Å²) in [4.78, 5) is 40.9. The van der Waals surface area contributed by atoms with Crippen molar-refractivity contribution in [3.05, 3.63) is 27.2 Å². The molecular weight excluding hydrogens is 300 g/mol. The van der Waals surface area contributed by atoms with Crippen LogP contribution in [-0.4, -0.2) is 49.7 Å². The van der Waals surface area contributed by atoms with Crippen LogP contribution in [0.25, 0.3) is 11.0 Å². The highest BCUT2D eigenvalue weighted by Crippen LogP contribution is 2.21. The number of nitrogens with one attached hydrogen (secondary N) is 1. The van der Waals surface area contributed by atoms with Gasteiger partial charge >= 0.3 is 5.97 Å². The fraction of sp³-hybridized carbons (Fsp3) is 0.467. The van der Waals surface area contributed by atoms with Gasteiger partial charge in [0.25, 0.3) is 5.56 Å². The fourth-order valence-corrected chi connectivity index (χ4v) is 2.57. The molecule has 0 saturated carbocycles. The van der Waals surface area contributed by atoms with E-state index in [1.165, 1.54) is 18.9 Å². The third-order valence-corrected chi connectivity index (χ3v) is 4.24. The van der Waals surface area contributed by atoms with E-state index in [1.807, 2.05) is 0 Å². The molecule has 0 aliphatic carbocycles. The Morgan fingerprint density at radius 1 is 1.39 bits per heavy atom. The molecule has 1 amide bonds. The van der Waals surface area contributed by atoms with Gasteiger partial charge in [0, 0.05) is 19.8 Å². The Kier molecular flexibility index (Phi) is 4.26. The highest BCUT2D eigenvalue weighted by molar-refractivity contribution is 5.87. The zero-order valence-corrected chi connectivity index (χ0v) is 13.8. The van der Waals surface area contributed by atoms with Crippen LogP contribution in [0, 0.1) is 13.8 Å². The van der Waals surface area contributed by atoms with Gasteiger partial charge in [-0.15, -0.1) is 0 Å². The van der Waals surface area contributed by atoms with Gasteiger partial charge in [-0.25, -0.2) is 9.78 Å². The first kappa shape index (κ1) is 16.7. The van der Waals surface area contributed by atoms with Crippen molar-refractivity contribution in [2.75, 3.05) is 7.05 Å². The minimum absolute atomic E-state index is 0.00304. The Bertz CT molecular complexity index is 849. The number of hydrogen-bond donors (Lipinski definition) is 2. The van der Waals surface area contributed by atoms with Crippen LogP contribution in [-0.2, 0) is 23.1 Å². The number of carboxylic acid groups (broad SMARTS) is 1. The molecule has 0 fully saturated rings. The standard InChI is InChI=1S/C15H20N4O4/c1-7-10(6-11(20)18(4)9(3)15(22)23)8(2)16-13-12(7)14(21)17-19(13)5/h9H,6H2,1-5H3,(H,17,21)(H,22,23). The number of aromatic nitrogens is 3. The third kappa shape index (κ3) is 2.84. The topological polar surface area (TPSA) is 108 Å². The van der Waals surface area contributed by atoms with Crippen LogP contribution in [0.5, 0.6) is 0 Å². The Morgan fingerprint density at radius 3 is 2.57 bits per heavy atom. The first-order chi connectivity index (χ1) is 10.6. The van der Waals surface area contributed by atoms with Crippen molar-refractivity contribution in [3.8, 4) is 0 Å². The Morgan fingerprint density at radius 2 is 2.00 bits per heavy atom. The van der Waals surface area contributed by atoms with Gasteiger partial charge in [0.2, 0.25) is 5.91 Å². The van der Waals surface area contributed by atoms with E-state index in [9.17, 15) is 14.4 Å². The van der Waals surface area contributed by atoms with E-state index < -0.39 is 12.0 Å². The molecule has 2 N–H and O–H groups in total. The fourth-order valence-electron chi connectivity index (χ4n) is 2.57. The summed E-state index contributed by atoms with van der Waals surface area (Å²) < 4.78 is 1.54. The number of aromatic amines is 1. The van der Waals surface area contributed by atoms with Crippen molar-refractivity contribution >= 4 is 22.9 Å². The highest BCUT2D eigenvalue weighted by atomic mass is 16.4. The van der Waals surface area contributed by atoms with Crippen molar-refractivity contribution in [2.24, 2.45) is 7.05 Å². The number of carboxylic acids is 1. The number of aliphatic carboxylic acids is 1. The lowest BCUT2D eigenvalue weighted by atomic mass is 10.0. The summed E-state index contributed by atoms with van der Waals surface area (Å²) in [6, 6.07) is -0.917. The normalized spacial score (nSPS) is 12.4. The molecule has 2 rings (SSSR count). The first-order valence-electron chi connectivity index (χ1n) is 7.18. The number of likely N-dealkylation sites (N-methyl/N-ethyl adjacent to an activating group) is 1. The van der Waals surface area contributed by atoms with Crippen LogP contribution in [0.3, 0.4) is 0 Å². The predicted octanol–water partition coefficient (Wildman–Crippen LogP) is 0.352. The van der Waals surface area contributed by atoms with Crippen LogP contribution in [0.1, 0.15) is 23.7 Å². The molecular formula is C15H20N4O4. The summed E-state index contributed by atoms with van der Waals surface area (Å²) >= 11 is 0. The molecule has 8 heteroatoms. The lowest BCUT2D eigenvalue weighted by molar-refractivity contribution is -0.148. The number of pyridine rings is 1. The Hall–Kier alpha value is -2.64. The van der Waals surface area contributed by atoms with Crippen molar-refractivity contribution in [1.82, 2.24) is 19.7 Å². The van der Waals surface area contributed by atoms with Crippen molar-refractivity contribution < 1.29 is 14.7 Å². The molecule has 0 radical (unpaired) electrons. The monoisotopic (exact) mass is 320 g/mol. The number of H-pyrrole nitrogens is 1. The Labute approximate surface area is 132 Å². The smallest absolute Gasteiger partial charge is 0.326 e. The molecule has 0 saturated heterocycles. The maximum absolute atomic E-state index is 12.3. The average molecular weight is 320 g/mol. The van der Waals surface area contributed by atoms with E-state index >= 15 is 0 Å². The molecule has 8 nitrogen and oxygen atoms in total. The quantitative estimate of drug-likeness (QED) is 0.845. The number of carbonyl (C=O) groups excluding carboxylic acids is 1. The maximum atomic E-state index is 12.3. The second-order valence-electron chi connectivity index (χ2n) is 5.69. The molecule has 2 aromatic heterocycles. The van der Waals surface area contributed by atoms with Gasteiger partial charge in [0.15, 0.2) is 5.65 Å². The summed E-state index contributed by atoms with van der Waals surface area (Å²) in [6.45, 7) is 4.99. The predicted molar refractivity (Wildman–Crippen MR) is 84.4 cm³/mol. The minimum atomic E-state index is -1.07. The summed E-state index contributed by atoms with van der Waals surface area (Å²) in [5, 5.41) is 12.1. The van der Waals surface area contributed by atoms with Crippen molar-refractivity contribution in [2.45, 2.75) is 33.2 Å². The zero-order chi connectivity index (χ0) is 17.5. The van der Waals surface area contributed by atoms with E-state index in [0.717, 1.165) is 0 Å². The summed E-state index contributed by atoms with van der Waals surface area (Å²) in [6.07, 6.45) is 0.00304. The van der Waals surface area contributed by atoms with E-state index in [4.69, 9.17) is 5.11 Å². The summed E-state index contributed by atoms with van der Waals surface area (Å²) in [5.41, 5.74) is 2.28. The Balaban J connectivity index is 2.45. The van der Waals surface area contributed by atoms with Gasteiger partial charge in [0.1, 0.15) is 6.04 Å². The molecule has 0 aromatic carbocycles. The number of aryl methyl sites for hydroxylation is 3. The van der Waals surface area contributed by atoms with E-state index in [2.05, 4.69) is 10.1 Å². The van der Waals surface area contributed by atoms with Gasteiger partial charge in [-0.05, 0) is 31.9 Å². The third-order valence-electron chi connectivity index (χ3n) is 4.24. The number of carbonyl (C=O) groups is 2. The van der Waals surface area contributed by atoms with Gasteiger partial charge in [-0.1, -0.05) is 0 Å². The molecule has 2 aromatic rings. The van der Waals surface area contributed by atoms with Gasteiger partial charge in [0.05, 0.1) is 11.8 Å². The zero-order valence-electron chi connectivity index (χ0n) is 13.8. The van der Waals surface area contributed by atoms with Crippen LogP contribution < -0.4 is 5.56 Å². The largest absolute Gasteiger partial charge is 0.480 e. The molecule has 124 valence electrons. The molecule has 0 bridgehead atoms. The lowest BCUT2D eigenvalue weighted by Crippen LogP contribution is -2.41. The number of hydrogen-bond acceptors (Lipinski definition) is 4. The summed E-state index contributed by atoms with van der Waals surface area (Å²) in [7, 11) is 3.15. The molecule has 1 unspecified atom stereocenters. The highest BCUT2D eigenvalue weighted by Gasteiger charge is 2.24. The van der Waals surface area contributed by atoms with Gasteiger partial charge in [-0.3, -0.25) is 19.4 Å². The molecule has 0 aliphatic rings. The van der Waals surface area contributed by atoms with Crippen LogP contribution >= 0.6 is 0 Å². The number of fused-ring (bicyclic) bond motifs is 1. The van der Waals surface area contributed by atoms with Crippen molar-refractivity contribution in [1.29, 1.82) is 0 Å². The number of amides is 1. The minimum Gasteiger partial charge on any atom is -0.480 e.